The molecule has 3 heteroatoms. The molecule has 0 saturated heterocycles. The van der Waals surface area contributed by atoms with Crippen LogP contribution < -0.4 is 5.32 Å². The summed E-state index contributed by atoms with van der Waals surface area (Å²) in [5.74, 6) is -0.233. The fraction of sp³-hybridized carbons (Fsp3) is 0.625. The van der Waals surface area contributed by atoms with Crippen molar-refractivity contribution in [2.45, 2.75) is 53.0 Å². The summed E-state index contributed by atoms with van der Waals surface area (Å²) in [4.78, 5) is 0. The fourth-order valence-electron chi connectivity index (χ4n) is 2.32. The number of aryl methyl sites for hydroxylation is 1. The van der Waals surface area contributed by atoms with E-state index in [0.717, 1.165) is 19.3 Å². The van der Waals surface area contributed by atoms with Crippen molar-refractivity contribution in [2.24, 2.45) is 5.92 Å². The fourth-order valence-corrected chi connectivity index (χ4v) is 2.32. The van der Waals surface area contributed by atoms with Gasteiger partial charge in [-0.05, 0) is 37.4 Å². The van der Waals surface area contributed by atoms with Crippen LogP contribution in [-0.2, 0) is 0 Å². The van der Waals surface area contributed by atoms with Crippen molar-refractivity contribution in [2.75, 3.05) is 6.54 Å². The molecule has 1 aromatic carbocycles. The van der Waals surface area contributed by atoms with E-state index in [9.17, 15) is 8.78 Å². The molecule has 0 saturated carbocycles. The molecular formula is C16H25F2N. The largest absolute Gasteiger partial charge is 0.310 e. The Hall–Kier alpha value is -0.960. The number of nitrogens with one attached hydrogen (secondary N) is 1. The molecule has 108 valence electrons. The van der Waals surface area contributed by atoms with Gasteiger partial charge in [0.05, 0.1) is 0 Å². The third kappa shape index (κ3) is 4.57. The van der Waals surface area contributed by atoms with E-state index in [4.69, 9.17) is 0 Å². The Kier molecular flexibility index (Phi) is 6.43. The van der Waals surface area contributed by atoms with E-state index in [1.807, 2.05) is 6.92 Å². The molecule has 0 amide bonds. The van der Waals surface area contributed by atoms with Crippen LogP contribution in [-0.4, -0.2) is 6.54 Å². The first-order valence-electron chi connectivity index (χ1n) is 7.15. The summed E-state index contributed by atoms with van der Waals surface area (Å²) in [6.45, 7) is 8.67. The van der Waals surface area contributed by atoms with Gasteiger partial charge in [-0.2, -0.15) is 0 Å². The van der Waals surface area contributed by atoms with Crippen molar-refractivity contribution in [1.29, 1.82) is 0 Å². The highest BCUT2D eigenvalue weighted by Gasteiger charge is 2.20. The molecule has 0 fully saturated rings. The Morgan fingerprint density at radius 2 is 1.84 bits per heavy atom. The average molecular weight is 269 g/mol. The van der Waals surface area contributed by atoms with Gasteiger partial charge in [0.25, 0.3) is 0 Å². The smallest absolute Gasteiger partial charge is 0.133 e. The second-order valence-electron chi connectivity index (χ2n) is 5.53. The Bertz CT molecular complexity index is 402. The van der Waals surface area contributed by atoms with E-state index in [2.05, 4.69) is 19.2 Å². The molecule has 1 unspecified atom stereocenters. The van der Waals surface area contributed by atoms with Gasteiger partial charge < -0.3 is 5.32 Å². The Morgan fingerprint density at radius 1 is 1.16 bits per heavy atom. The minimum Gasteiger partial charge on any atom is -0.310 e. The molecule has 1 aromatic rings. The highest BCUT2D eigenvalue weighted by molar-refractivity contribution is 5.29. The first-order chi connectivity index (χ1) is 8.97. The van der Waals surface area contributed by atoms with Crippen molar-refractivity contribution >= 4 is 0 Å². The minimum absolute atomic E-state index is 0.200. The van der Waals surface area contributed by atoms with E-state index in [-0.39, 0.29) is 11.6 Å². The van der Waals surface area contributed by atoms with Gasteiger partial charge in [-0.1, -0.05) is 39.7 Å². The molecule has 1 rings (SSSR count). The van der Waals surface area contributed by atoms with Gasteiger partial charge in [0.15, 0.2) is 0 Å². The van der Waals surface area contributed by atoms with Gasteiger partial charge in [0.2, 0.25) is 0 Å². The van der Waals surface area contributed by atoms with Crippen LogP contribution in [0.25, 0.3) is 0 Å². The number of benzene rings is 1. The van der Waals surface area contributed by atoms with Gasteiger partial charge in [0, 0.05) is 11.6 Å². The van der Waals surface area contributed by atoms with Crippen molar-refractivity contribution < 1.29 is 8.78 Å². The molecule has 1 atom stereocenters. The molecule has 0 aliphatic rings. The highest BCUT2D eigenvalue weighted by Crippen LogP contribution is 2.27. The number of halogens is 2. The second kappa shape index (κ2) is 7.59. The normalized spacial score (nSPS) is 13.0. The van der Waals surface area contributed by atoms with Gasteiger partial charge >= 0.3 is 0 Å². The Balaban J connectivity index is 2.89. The van der Waals surface area contributed by atoms with E-state index >= 15 is 0 Å². The van der Waals surface area contributed by atoms with Crippen molar-refractivity contribution in [3.63, 3.8) is 0 Å². The summed E-state index contributed by atoms with van der Waals surface area (Å²) in [7, 11) is 0. The van der Waals surface area contributed by atoms with E-state index in [0.29, 0.717) is 18.0 Å². The summed E-state index contributed by atoms with van der Waals surface area (Å²) >= 11 is 0. The molecule has 0 aliphatic carbocycles. The lowest BCUT2D eigenvalue weighted by Gasteiger charge is -2.21. The lowest BCUT2D eigenvalue weighted by atomic mass is 9.96. The summed E-state index contributed by atoms with van der Waals surface area (Å²) in [6.07, 6.45) is 2.82. The predicted octanol–water partition coefficient (Wildman–Crippen LogP) is 4.75. The van der Waals surface area contributed by atoms with Crippen LogP contribution in [0.3, 0.4) is 0 Å². The molecule has 0 radical (unpaired) electrons. The average Bonchev–Trinajstić information content (AvgIpc) is 2.34. The van der Waals surface area contributed by atoms with E-state index < -0.39 is 11.6 Å². The van der Waals surface area contributed by atoms with Gasteiger partial charge in [-0.15, -0.1) is 0 Å². The van der Waals surface area contributed by atoms with Crippen LogP contribution >= 0.6 is 0 Å². The summed E-state index contributed by atoms with van der Waals surface area (Å²) in [5, 5.41) is 3.20. The third-order valence-electron chi connectivity index (χ3n) is 3.39. The minimum atomic E-state index is -0.446. The first-order valence-corrected chi connectivity index (χ1v) is 7.15. The van der Waals surface area contributed by atoms with Gasteiger partial charge in [0.1, 0.15) is 11.6 Å². The molecule has 19 heavy (non-hydrogen) atoms. The molecular weight excluding hydrogens is 244 g/mol. The molecule has 1 nitrogen and oxygen atoms in total. The maximum Gasteiger partial charge on any atom is 0.133 e. The van der Waals surface area contributed by atoms with E-state index in [1.165, 1.54) is 12.1 Å². The summed E-state index contributed by atoms with van der Waals surface area (Å²) in [6, 6.07) is 2.62. The SMILES string of the molecule is CCNC(CCCC(C)C)c1c(F)ccc(C)c1F. The Morgan fingerprint density at radius 3 is 2.42 bits per heavy atom. The molecule has 0 aliphatic heterocycles. The standard InChI is InChI=1S/C16H25F2N/c1-5-19-14(8-6-7-11(2)3)15-13(17)10-9-12(4)16(15)18/h9-11,14,19H,5-8H2,1-4H3. The molecule has 0 aromatic heterocycles. The zero-order chi connectivity index (χ0) is 14.4. The Labute approximate surface area is 115 Å². The van der Waals surface area contributed by atoms with Crippen LogP contribution in [0.15, 0.2) is 12.1 Å². The van der Waals surface area contributed by atoms with Crippen LogP contribution in [0.1, 0.15) is 57.2 Å². The van der Waals surface area contributed by atoms with Crippen LogP contribution in [0, 0.1) is 24.5 Å². The maximum atomic E-state index is 14.1. The van der Waals surface area contributed by atoms with Crippen molar-refractivity contribution in [3.05, 3.63) is 34.9 Å². The topological polar surface area (TPSA) is 12.0 Å². The van der Waals surface area contributed by atoms with Gasteiger partial charge in [-0.3, -0.25) is 0 Å². The quantitative estimate of drug-likeness (QED) is 0.753. The highest BCUT2D eigenvalue weighted by atomic mass is 19.1. The predicted molar refractivity (Wildman–Crippen MR) is 76.2 cm³/mol. The van der Waals surface area contributed by atoms with E-state index in [1.54, 1.807) is 6.92 Å². The zero-order valence-electron chi connectivity index (χ0n) is 12.4. The third-order valence-corrected chi connectivity index (χ3v) is 3.39. The molecule has 0 bridgehead atoms. The lowest BCUT2D eigenvalue weighted by Crippen LogP contribution is -2.23. The summed E-state index contributed by atoms with van der Waals surface area (Å²) < 4.78 is 28.1. The summed E-state index contributed by atoms with van der Waals surface area (Å²) in [5.41, 5.74) is 0.703. The maximum absolute atomic E-state index is 14.1. The second-order valence-corrected chi connectivity index (χ2v) is 5.53. The number of hydrogen-bond acceptors (Lipinski definition) is 1. The van der Waals surface area contributed by atoms with Crippen LogP contribution in [0.5, 0.6) is 0 Å². The monoisotopic (exact) mass is 269 g/mol. The zero-order valence-corrected chi connectivity index (χ0v) is 12.4. The molecule has 0 spiro atoms. The van der Waals surface area contributed by atoms with Crippen LogP contribution in [0.2, 0.25) is 0 Å². The molecule has 0 heterocycles. The van der Waals surface area contributed by atoms with Crippen LogP contribution in [0.4, 0.5) is 8.78 Å². The first kappa shape index (κ1) is 16.1. The number of rotatable bonds is 7. The number of hydrogen-bond donors (Lipinski definition) is 1. The molecule has 1 N–H and O–H groups in total. The van der Waals surface area contributed by atoms with Crippen molar-refractivity contribution in [1.82, 2.24) is 5.32 Å². The van der Waals surface area contributed by atoms with Crippen molar-refractivity contribution in [3.8, 4) is 0 Å². The lowest BCUT2D eigenvalue weighted by molar-refractivity contribution is 0.422. The van der Waals surface area contributed by atoms with Gasteiger partial charge in [-0.25, -0.2) is 8.78 Å².